The van der Waals surface area contributed by atoms with Gasteiger partial charge in [-0.05, 0) is 31.9 Å². The summed E-state index contributed by atoms with van der Waals surface area (Å²) in [5.74, 6) is 0. The second-order valence-electron chi connectivity index (χ2n) is 5.14. The van der Waals surface area contributed by atoms with E-state index in [-0.39, 0.29) is 21.5 Å². The van der Waals surface area contributed by atoms with Crippen LogP contribution in [-0.4, -0.2) is 36.5 Å². The van der Waals surface area contributed by atoms with Crippen LogP contribution in [0.3, 0.4) is 0 Å². The Hall–Kier alpha value is 0.150. The van der Waals surface area contributed by atoms with Crippen molar-refractivity contribution in [3.8, 4) is 0 Å². The first-order valence-corrected chi connectivity index (χ1v) is 8.99. The lowest BCUT2D eigenvalue weighted by atomic mass is 9.97. The molecule has 1 N–H and O–H groups in total. The Kier molecular flexibility index (Phi) is 4.74. The lowest BCUT2D eigenvalue weighted by Gasteiger charge is -2.36. The van der Waals surface area contributed by atoms with E-state index in [4.69, 9.17) is 23.2 Å². The third kappa shape index (κ3) is 3.31. The molecule has 1 aromatic carbocycles. The number of nitrogens with zero attached hydrogens (tertiary/aromatic N) is 1. The average molecular weight is 403 g/mol. The molecule has 1 unspecified atom stereocenters. The van der Waals surface area contributed by atoms with E-state index in [0.717, 1.165) is 0 Å². The van der Waals surface area contributed by atoms with Crippen LogP contribution in [0.4, 0.5) is 0 Å². The Morgan fingerprint density at radius 1 is 1.35 bits per heavy atom. The summed E-state index contributed by atoms with van der Waals surface area (Å²) in [6.45, 7) is 2.01. The van der Waals surface area contributed by atoms with Gasteiger partial charge in [0.1, 0.15) is 4.90 Å². The summed E-state index contributed by atoms with van der Waals surface area (Å²) in [5.41, 5.74) is -1.03. The largest absolute Gasteiger partial charge is 0.389 e. The van der Waals surface area contributed by atoms with Gasteiger partial charge in [-0.3, -0.25) is 0 Å². The van der Waals surface area contributed by atoms with E-state index in [9.17, 15) is 13.5 Å². The van der Waals surface area contributed by atoms with Crippen molar-refractivity contribution in [3.63, 3.8) is 0 Å². The smallest absolute Gasteiger partial charge is 0.246 e. The van der Waals surface area contributed by atoms with Crippen molar-refractivity contribution in [2.24, 2.45) is 0 Å². The molecule has 1 aliphatic rings. The van der Waals surface area contributed by atoms with Crippen LogP contribution in [0, 0.1) is 0 Å². The fourth-order valence-electron chi connectivity index (χ4n) is 2.28. The molecule has 1 heterocycles. The number of halogens is 3. The van der Waals surface area contributed by atoms with E-state index < -0.39 is 15.6 Å². The highest BCUT2D eigenvalue weighted by molar-refractivity contribution is 9.10. The number of sulfonamides is 1. The fraction of sp³-hybridized carbons (Fsp3) is 0.500. The highest BCUT2D eigenvalue weighted by Gasteiger charge is 2.37. The van der Waals surface area contributed by atoms with Crippen LogP contribution in [0.25, 0.3) is 0 Å². The third-order valence-electron chi connectivity index (χ3n) is 3.20. The highest BCUT2D eigenvalue weighted by atomic mass is 79.9. The first-order valence-electron chi connectivity index (χ1n) is 6.00. The first kappa shape index (κ1) is 16.5. The molecule has 20 heavy (non-hydrogen) atoms. The molecule has 4 nitrogen and oxygen atoms in total. The molecule has 1 atom stereocenters. The van der Waals surface area contributed by atoms with E-state index in [1.54, 1.807) is 6.92 Å². The summed E-state index contributed by atoms with van der Waals surface area (Å²) in [6, 6.07) is 2.98. The SMILES string of the molecule is CC1(O)CCCN(S(=O)(=O)c2c(Cl)cc(Br)cc2Cl)C1. The summed E-state index contributed by atoms with van der Waals surface area (Å²) in [7, 11) is -3.82. The zero-order valence-electron chi connectivity index (χ0n) is 10.7. The van der Waals surface area contributed by atoms with Crippen LogP contribution in [-0.2, 0) is 10.0 Å². The lowest BCUT2D eigenvalue weighted by Crippen LogP contribution is -2.48. The minimum Gasteiger partial charge on any atom is -0.389 e. The molecule has 112 valence electrons. The van der Waals surface area contributed by atoms with E-state index in [2.05, 4.69) is 15.9 Å². The zero-order valence-corrected chi connectivity index (χ0v) is 14.7. The van der Waals surface area contributed by atoms with Gasteiger partial charge in [-0.15, -0.1) is 0 Å². The molecular formula is C12H14BrCl2NO3S. The van der Waals surface area contributed by atoms with E-state index in [1.807, 2.05) is 0 Å². The van der Waals surface area contributed by atoms with Crippen LogP contribution in [0.1, 0.15) is 19.8 Å². The molecule has 0 saturated carbocycles. The quantitative estimate of drug-likeness (QED) is 0.825. The van der Waals surface area contributed by atoms with Crippen LogP contribution in [0.2, 0.25) is 10.0 Å². The second kappa shape index (κ2) is 5.74. The van der Waals surface area contributed by atoms with Gasteiger partial charge in [-0.1, -0.05) is 39.1 Å². The zero-order chi connectivity index (χ0) is 15.1. The fourth-order valence-corrected chi connectivity index (χ4v) is 5.76. The van der Waals surface area contributed by atoms with Crippen molar-refractivity contribution in [3.05, 3.63) is 26.7 Å². The number of hydrogen-bond acceptors (Lipinski definition) is 3. The van der Waals surface area contributed by atoms with Gasteiger partial charge in [0, 0.05) is 17.6 Å². The predicted octanol–water partition coefficient (Wildman–Crippen LogP) is 3.29. The van der Waals surface area contributed by atoms with Crippen molar-refractivity contribution in [1.29, 1.82) is 0 Å². The first-order chi connectivity index (χ1) is 9.13. The van der Waals surface area contributed by atoms with Crippen LogP contribution in [0.15, 0.2) is 21.5 Å². The standard InChI is InChI=1S/C12H14BrCl2NO3S/c1-12(17)3-2-4-16(7-12)20(18,19)11-9(14)5-8(13)6-10(11)15/h5-6,17H,2-4,7H2,1H3. The lowest BCUT2D eigenvalue weighted by molar-refractivity contribution is 0.00940. The van der Waals surface area contributed by atoms with Gasteiger partial charge in [-0.2, -0.15) is 4.31 Å². The average Bonchev–Trinajstić information content (AvgIpc) is 2.25. The minimum absolute atomic E-state index is 0.0397. The van der Waals surface area contributed by atoms with Gasteiger partial charge in [0.05, 0.1) is 15.6 Å². The summed E-state index contributed by atoms with van der Waals surface area (Å²) in [5, 5.41) is 10.2. The number of piperidine rings is 1. The molecule has 1 aromatic rings. The van der Waals surface area contributed by atoms with Gasteiger partial charge in [-0.25, -0.2) is 8.42 Å². The molecule has 2 rings (SSSR count). The van der Waals surface area contributed by atoms with E-state index >= 15 is 0 Å². The Labute approximate surface area is 136 Å². The van der Waals surface area contributed by atoms with Gasteiger partial charge >= 0.3 is 0 Å². The molecule has 1 saturated heterocycles. The molecule has 0 aliphatic carbocycles. The summed E-state index contributed by atoms with van der Waals surface area (Å²) < 4.78 is 27.2. The molecule has 1 aliphatic heterocycles. The molecule has 0 aromatic heterocycles. The Bertz CT molecular complexity index is 611. The molecule has 8 heteroatoms. The normalized spacial score (nSPS) is 24.9. The van der Waals surface area contributed by atoms with Crippen molar-refractivity contribution >= 4 is 49.2 Å². The van der Waals surface area contributed by atoms with Crippen LogP contribution in [0.5, 0.6) is 0 Å². The monoisotopic (exact) mass is 401 g/mol. The molecule has 0 spiro atoms. The van der Waals surface area contributed by atoms with Gasteiger partial charge < -0.3 is 5.11 Å². The van der Waals surface area contributed by atoms with Gasteiger partial charge in [0.15, 0.2) is 0 Å². The van der Waals surface area contributed by atoms with Crippen LogP contribution >= 0.6 is 39.1 Å². The summed E-state index contributed by atoms with van der Waals surface area (Å²) in [6.07, 6.45) is 1.17. The highest BCUT2D eigenvalue weighted by Crippen LogP contribution is 2.36. The molecule has 0 radical (unpaired) electrons. The number of aliphatic hydroxyl groups is 1. The van der Waals surface area contributed by atoms with E-state index in [0.29, 0.717) is 23.9 Å². The predicted molar refractivity (Wildman–Crippen MR) is 82.8 cm³/mol. The number of rotatable bonds is 2. The number of β-amino-alcohol motifs (C(OH)–C–C–N with tert-alkyl or cyclic N) is 1. The van der Waals surface area contributed by atoms with Crippen molar-refractivity contribution in [2.45, 2.75) is 30.3 Å². The third-order valence-corrected chi connectivity index (χ3v) is 6.43. The maximum absolute atomic E-state index is 12.7. The minimum atomic E-state index is -3.82. The Morgan fingerprint density at radius 3 is 2.40 bits per heavy atom. The number of hydrogen-bond donors (Lipinski definition) is 1. The molecule has 0 amide bonds. The Morgan fingerprint density at radius 2 is 1.90 bits per heavy atom. The van der Waals surface area contributed by atoms with Gasteiger partial charge in [0.2, 0.25) is 10.0 Å². The Balaban J connectivity index is 2.46. The van der Waals surface area contributed by atoms with E-state index in [1.165, 1.54) is 16.4 Å². The maximum atomic E-state index is 12.7. The van der Waals surface area contributed by atoms with Crippen molar-refractivity contribution in [1.82, 2.24) is 4.31 Å². The van der Waals surface area contributed by atoms with Gasteiger partial charge in [0.25, 0.3) is 0 Å². The molecular weight excluding hydrogens is 389 g/mol. The molecule has 0 bridgehead atoms. The maximum Gasteiger partial charge on any atom is 0.246 e. The molecule has 1 fully saturated rings. The summed E-state index contributed by atoms with van der Waals surface area (Å²) in [4.78, 5) is -0.110. The number of benzene rings is 1. The van der Waals surface area contributed by atoms with Crippen LogP contribution < -0.4 is 0 Å². The summed E-state index contributed by atoms with van der Waals surface area (Å²) >= 11 is 15.3. The topological polar surface area (TPSA) is 57.6 Å². The second-order valence-corrected chi connectivity index (χ2v) is 8.74. The van der Waals surface area contributed by atoms with Crippen molar-refractivity contribution < 1.29 is 13.5 Å². The van der Waals surface area contributed by atoms with Crippen molar-refractivity contribution in [2.75, 3.05) is 13.1 Å².